The molecule has 2 aliphatic rings. The maximum atomic E-state index is 13.6. The van der Waals surface area contributed by atoms with Crippen LogP contribution in [0.3, 0.4) is 0 Å². The zero-order valence-electron chi connectivity index (χ0n) is 13.8. The molecule has 1 saturated heterocycles. The van der Waals surface area contributed by atoms with Crippen LogP contribution in [0.4, 0.5) is 19.3 Å². The highest BCUT2D eigenvalue weighted by Gasteiger charge is 2.55. The van der Waals surface area contributed by atoms with Crippen LogP contribution in [0.1, 0.15) is 32.6 Å². The summed E-state index contributed by atoms with van der Waals surface area (Å²) >= 11 is 0. The summed E-state index contributed by atoms with van der Waals surface area (Å²) in [5.41, 5.74) is -1.29. The predicted molar refractivity (Wildman–Crippen MR) is 85.6 cm³/mol. The Labute approximate surface area is 143 Å². The van der Waals surface area contributed by atoms with E-state index in [1.165, 1.54) is 0 Å². The van der Waals surface area contributed by atoms with Crippen LogP contribution in [0, 0.1) is 17.6 Å². The molecule has 0 aromatic heterocycles. The lowest BCUT2D eigenvalue weighted by Crippen LogP contribution is -2.54. The Morgan fingerprint density at radius 1 is 1.36 bits per heavy atom. The van der Waals surface area contributed by atoms with E-state index in [4.69, 9.17) is 0 Å². The third kappa shape index (κ3) is 3.08. The molecule has 0 unspecified atom stereocenters. The Balaban J connectivity index is 1.72. The van der Waals surface area contributed by atoms with Crippen LogP contribution in [-0.4, -0.2) is 34.8 Å². The number of hydrogen-bond acceptors (Lipinski definition) is 3. The molecule has 1 heterocycles. The molecular formula is C17H19F2N3O3. The Bertz CT molecular complexity index is 740. The van der Waals surface area contributed by atoms with Gasteiger partial charge in [-0.1, -0.05) is 19.8 Å². The standard InChI is InChI=1S/C17H19F2N3O3/c1-10-4-2-3-7-17(10)15(24)22(16(25)21-17)9-14(23)20-13-8-11(18)5-6-12(13)19/h5-6,8,10H,2-4,7,9H2,1H3,(H,20,23)(H,21,25)/t10-,17+/m1/s1. The van der Waals surface area contributed by atoms with Crippen LogP contribution in [0.25, 0.3) is 0 Å². The van der Waals surface area contributed by atoms with Gasteiger partial charge in [-0.05, 0) is 30.9 Å². The number of carbonyl (C=O) groups is 3. The molecule has 1 spiro atoms. The van der Waals surface area contributed by atoms with Gasteiger partial charge < -0.3 is 10.6 Å². The minimum atomic E-state index is -0.959. The number of hydrogen-bond donors (Lipinski definition) is 2. The maximum Gasteiger partial charge on any atom is 0.325 e. The van der Waals surface area contributed by atoms with E-state index in [-0.39, 0.29) is 11.6 Å². The summed E-state index contributed by atoms with van der Waals surface area (Å²) in [6, 6.07) is 2.02. The minimum Gasteiger partial charge on any atom is -0.323 e. The normalized spacial score (nSPS) is 26.0. The molecule has 4 amide bonds. The number of anilines is 1. The topological polar surface area (TPSA) is 78.5 Å². The SMILES string of the molecule is C[C@@H]1CCCC[C@]12NC(=O)N(CC(=O)Nc1cc(F)ccc1F)C2=O. The summed E-state index contributed by atoms with van der Waals surface area (Å²) < 4.78 is 26.8. The maximum absolute atomic E-state index is 13.6. The number of nitrogens with zero attached hydrogens (tertiary/aromatic N) is 1. The molecule has 2 fully saturated rings. The highest BCUT2D eigenvalue weighted by atomic mass is 19.1. The zero-order valence-corrected chi connectivity index (χ0v) is 13.8. The fourth-order valence-corrected chi connectivity index (χ4v) is 3.57. The third-order valence-corrected chi connectivity index (χ3v) is 5.01. The van der Waals surface area contributed by atoms with E-state index in [0.29, 0.717) is 6.42 Å². The van der Waals surface area contributed by atoms with Gasteiger partial charge in [0, 0.05) is 6.07 Å². The fraction of sp³-hybridized carbons (Fsp3) is 0.471. The van der Waals surface area contributed by atoms with Crippen LogP contribution in [-0.2, 0) is 9.59 Å². The Hall–Kier alpha value is -2.51. The van der Waals surface area contributed by atoms with Crippen molar-refractivity contribution in [2.75, 3.05) is 11.9 Å². The molecule has 25 heavy (non-hydrogen) atoms. The van der Waals surface area contributed by atoms with Crippen LogP contribution in [0.15, 0.2) is 18.2 Å². The highest BCUT2D eigenvalue weighted by molar-refractivity contribution is 6.10. The minimum absolute atomic E-state index is 0.0218. The van der Waals surface area contributed by atoms with Crippen LogP contribution in [0.2, 0.25) is 0 Å². The smallest absolute Gasteiger partial charge is 0.323 e. The molecular weight excluding hydrogens is 332 g/mol. The molecule has 1 aliphatic carbocycles. The molecule has 1 aromatic rings. The number of amides is 4. The van der Waals surface area contributed by atoms with Gasteiger partial charge in [-0.3, -0.25) is 14.5 Å². The van der Waals surface area contributed by atoms with Gasteiger partial charge in [0.15, 0.2) is 0 Å². The van der Waals surface area contributed by atoms with Gasteiger partial charge in [-0.15, -0.1) is 0 Å². The van der Waals surface area contributed by atoms with E-state index in [1.807, 2.05) is 6.92 Å². The van der Waals surface area contributed by atoms with Crippen molar-refractivity contribution in [2.24, 2.45) is 5.92 Å². The summed E-state index contributed by atoms with van der Waals surface area (Å²) in [6.07, 6.45) is 3.17. The molecule has 134 valence electrons. The first-order chi connectivity index (χ1) is 11.8. The van der Waals surface area contributed by atoms with Gasteiger partial charge >= 0.3 is 6.03 Å². The first-order valence-electron chi connectivity index (χ1n) is 8.22. The summed E-state index contributed by atoms with van der Waals surface area (Å²) in [7, 11) is 0. The number of benzene rings is 1. The summed E-state index contributed by atoms with van der Waals surface area (Å²) in [5.74, 6) is -2.73. The van der Waals surface area contributed by atoms with Crippen molar-refractivity contribution in [3.63, 3.8) is 0 Å². The van der Waals surface area contributed by atoms with E-state index in [1.54, 1.807) is 0 Å². The molecule has 1 saturated carbocycles. The molecule has 2 atom stereocenters. The van der Waals surface area contributed by atoms with Crippen molar-refractivity contribution in [1.82, 2.24) is 10.2 Å². The predicted octanol–water partition coefficient (Wildman–Crippen LogP) is 2.40. The molecule has 1 aromatic carbocycles. The summed E-state index contributed by atoms with van der Waals surface area (Å²) in [6.45, 7) is 1.36. The van der Waals surface area contributed by atoms with Crippen molar-refractivity contribution in [3.05, 3.63) is 29.8 Å². The van der Waals surface area contributed by atoms with Gasteiger partial charge in [0.2, 0.25) is 5.91 Å². The van der Waals surface area contributed by atoms with E-state index >= 15 is 0 Å². The van der Waals surface area contributed by atoms with Gasteiger partial charge in [0.05, 0.1) is 5.69 Å². The van der Waals surface area contributed by atoms with Crippen molar-refractivity contribution < 1.29 is 23.2 Å². The summed E-state index contributed by atoms with van der Waals surface area (Å²) in [4.78, 5) is 37.9. The lowest BCUT2D eigenvalue weighted by molar-refractivity contribution is -0.136. The van der Waals surface area contributed by atoms with Crippen molar-refractivity contribution >= 4 is 23.5 Å². The van der Waals surface area contributed by atoms with Gasteiger partial charge in [-0.2, -0.15) is 0 Å². The molecule has 1 aliphatic heterocycles. The van der Waals surface area contributed by atoms with Crippen molar-refractivity contribution in [2.45, 2.75) is 38.1 Å². The lowest BCUT2D eigenvalue weighted by atomic mass is 9.73. The van der Waals surface area contributed by atoms with E-state index in [2.05, 4.69) is 10.6 Å². The number of halogens is 2. The fourth-order valence-electron chi connectivity index (χ4n) is 3.57. The van der Waals surface area contributed by atoms with E-state index in [0.717, 1.165) is 42.4 Å². The zero-order chi connectivity index (χ0) is 18.2. The van der Waals surface area contributed by atoms with Gasteiger partial charge in [-0.25, -0.2) is 13.6 Å². The molecule has 0 bridgehead atoms. The van der Waals surface area contributed by atoms with Crippen LogP contribution in [0.5, 0.6) is 0 Å². The number of imide groups is 1. The molecule has 6 nitrogen and oxygen atoms in total. The lowest BCUT2D eigenvalue weighted by Gasteiger charge is -2.36. The Kier molecular flexibility index (Phi) is 4.45. The van der Waals surface area contributed by atoms with Crippen LogP contribution < -0.4 is 10.6 Å². The van der Waals surface area contributed by atoms with E-state index in [9.17, 15) is 23.2 Å². The monoisotopic (exact) mass is 351 g/mol. The second-order valence-corrected chi connectivity index (χ2v) is 6.61. The average Bonchev–Trinajstić information content (AvgIpc) is 2.79. The number of nitrogens with one attached hydrogen (secondary N) is 2. The molecule has 0 radical (unpaired) electrons. The average molecular weight is 351 g/mol. The number of carbonyl (C=O) groups excluding carboxylic acids is 3. The van der Waals surface area contributed by atoms with Gasteiger partial charge in [0.25, 0.3) is 5.91 Å². The number of urea groups is 1. The Morgan fingerprint density at radius 2 is 2.12 bits per heavy atom. The van der Waals surface area contributed by atoms with Crippen molar-refractivity contribution in [1.29, 1.82) is 0 Å². The van der Waals surface area contributed by atoms with E-state index < -0.39 is 41.6 Å². The first-order valence-corrected chi connectivity index (χ1v) is 8.22. The summed E-state index contributed by atoms with van der Waals surface area (Å²) in [5, 5.41) is 4.93. The first kappa shape index (κ1) is 17.3. The molecule has 3 rings (SSSR count). The number of rotatable bonds is 3. The second-order valence-electron chi connectivity index (χ2n) is 6.61. The van der Waals surface area contributed by atoms with Crippen molar-refractivity contribution in [3.8, 4) is 0 Å². The largest absolute Gasteiger partial charge is 0.325 e. The quantitative estimate of drug-likeness (QED) is 0.821. The van der Waals surface area contributed by atoms with Gasteiger partial charge in [0.1, 0.15) is 23.7 Å². The Morgan fingerprint density at radius 3 is 2.84 bits per heavy atom. The van der Waals surface area contributed by atoms with Crippen LogP contribution >= 0.6 is 0 Å². The molecule has 2 N–H and O–H groups in total. The third-order valence-electron chi connectivity index (χ3n) is 5.01. The second kappa shape index (κ2) is 6.42. The molecule has 8 heteroatoms. The highest BCUT2D eigenvalue weighted by Crippen LogP contribution is 2.38.